The summed E-state index contributed by atoms with van der Waals surface area (Å²) in [5.41, 5.74) is 0.642. The van der Waals surface area contributed by atoms with Crippen LogP contribution < -0.4 is 15.5 Å². The number of nitrogens with zero attached hydrogens (tertiary/aromatic N) is 2. The van der Waals surface area contributed by atoms with Gasteiger partial charge in [-0.1, -0.05) is 0 Å². The fraction of sp³-hybridized carbons (Fsp3) is 0.529. The summed E-state index contributed by atoms with van der Waals surface area (Å²) in [6, 6.07) is 3.72. The Bertz CT molecular complexity index is 655. The number of nitrogens with one attached hydrogen (secondary N) is 2. The molecule has 1 aromatic carbocycles. The SMILES string of the molecule is COC[C@@H]1CCN(C(=O)Nc2ccc(F)c(N3CCCNC3=O)c2)C1. The van der Waals surface area contributed by atoms with Crippen LogP contribution in [-0.4, -0.2) is 56.9 Å². The minimum Gasteiger partial charge on any atom is -0.384 e. The zero-order chi connectivity index (χ0) is 17.8. The summed E-state index contributed by atoms with van der Waals surface area (Å²) in [4.78, 5) is 27.4. The number of ether oxygens (including phenoxy) is 1. The van der Waals surface area contributed by atoms with Crippen LogP contribution in [0.4, 0.5) is 25.4 Å². The Morgan fingerprint density at radius 2 is 2.28 bits per heavy atom. The van der Waals surface area contributed by atoms with E-state index in [9.17, 15) is 14.0 Å². The molecule has 0 bridgehead atoms. The molecule has 8 heteroatoms. The monoisotopic (exact) mass is 350 g/mol. The molecule has 0 radical (unpaired) electrons. The van der Waals surface area contributed by atoms with Crippen LogP contribution >= 0.6 is 0 Å². The number of carbonyl (C=O) groups excluding carboxylic acids is 2. The average molecular weight is 350 g/mol. The fourth-order valence-electron chi connectivity index (χ4n) is 3.25. The first kappa shape index (κ1) is 17.5. The third-order valence-electron chi connectivity index (χ3n) is 4.54. The minimum atomic E-state index is -0.489. The molecule has 2 aliphatic rings. The molecule has 1 aromatic rings. The molecule has 25 heavy (non-hydrogen) atoms. The van der Waals surface area contributed by atoms with Gasteiger partial charge in [0.1, 0.15) is 5.82 Å². The summed E-state index contributed by atoms with van der Waals surface area (Å²) in [6.07, 6.45) is 1.65. The van der Waals surface area contributed by atoms with Gasteiger partial charge >= 0.3 is 12.1 Å². The summed E-state index contributed by atoms with van der Waals surface area (Å²) >= 11 is 0. The normalized spacial score (nSPS) is 20.6. The lowest BCUT2D eigenvalue weighted by molar-refractivity contribution is 0.154. The van der Waals surface area contributed by atoms with E-state index in [1.165, 1.54) is 23.1 Å². The lowest BCUT2D eigenvalue weighted by atomic mass is 10.1. The second-order valence-corrected chi connectivity index (χ2v) is 6.39. The van der Waals surface area contributed by atoms with Crippen LogP contribution in [0.1, 0.15) is 12.8 Å². The third-order valence-corrected chi connectivity index (χ3v) is 4.54. The third kappa shape index (κ3) is 4.01. The maximum absolute atomic E-state index is 14.1. The van der Waals surface area contributed by atoms with Gasteiger partial charge in [0.05, 0.1) is 12.3 Å². The van der Waals surface area contributed by atoms with Crippen molar-refractivity contribution in [3.8, 4) is 0 Å². The van der Waals surface area contributed by atoms with Crippen molar-refractivity contribution in [1.29, 1.82) is 0 Å². The van der Waals surface area contributed by atoms with Gasteiger partial charge < -0.3 is 20.3 Å². The molecule has 2 aliphatic heterocycles. The van der Waals surface area contributed by atoms with E-state index in [-0.39, 0.29) is 17.7 Å². The average Bonchev–Trinajstić information content (AvgIpc) is 3.06. The highest BCUT2D eigenvalue weighted by molar-refractivity contribution is 5.95. The number of anilines is 2. The predicted octanol–water partition coefficient (Wildman–Crippen LogP) is 2.25. The topological polar surface area (TPSA) is 73.9 Å². The number of hydrogen-bond donors (Lipinski definition) is 2. The zero-order valence-corrected chi connectivity index (χ0v) is 14.3. The number of carbonyl (C=O) groups is 2. The molecule has 4 amide bonds. The molecule has 0 saturated carbocycles. The Morgan fingerprint density at radius 3 is 3.04 bits per heavy atom. The summed E-state index contributed by atoms with van der Waals surface area (Å²) in [7, 11) is 1.65. The molecule has 0 aliphatic carbocycles. The number of urea groups is 2. The van der Waals surface area contributed by atoms with Gasteiger partial charge in [0.2, 0.25) is 0 Å². The Labute approximate surface area is 146 Å². The van der Waals surface area contributed by atoms with Crippen LogP contribution in [0.2, 0.25) is 0 Å². The van der Waals surface area contributed by atoms with Crippen molar-refractivity contribution < 1.29 is 18.7 Å². The number of hydrogen-bond acceptors (Lipinski definition) is 3. The zero-order valence-electron chi connectivity index (χ0n) is 14.3. The lowest BCUT2D eigenvalue weighted by Crippen LogP contribution is -2.46. The highest BCUT2D eigenvalue weighted by Crippen LogP contribution is 2.26. The van der Waals surface area contributed by atoms with E-state index in [0.29, 0.717) is 44.4 Å². The largest absolute Gasteiger partial charge is 0.384 e. The van der Waals surface area contributed by atoms with Crippen molar-refractivity contribution >= 4 is 23.4 Å². The Morgan fingerprint density at radius 1 is 1.44 bits per heavy atom. The minimum absolute atomic E-state index is 0.175. The lowest BCUT2D eigenvalue weighted by Gasteiger charge is -2.28. The predicted molar refractivity (Wildman–Crippen MR) is 92.3 cm³/mol. The molecule has 2 N–H and O–H groups in total. The standard InChI is InChI=1S/C17H23FN4O3/c1-25-11-12-5-8-21(10-12)17(24)20-13-3-4-14(18)15(9-13)22-7-2-6-19-16(22)23/h3-4,9,12H,2,5-8,10-11H2,1H3,(H,19,23)(H,20,24)/t12-/m1/s1. The Kier molecular flexibility index (Phi) is 5.37. The quantitative estimate of drug-likeness (QED) is 0.875. The first-order valence-electron chi connectivity index (χ1n) is 8.48. The first-order chi connectivity index (χ1) is 12.1. The summed E-state index contributed by atoms with van der Waals surface area (Å²) < 4.78 is 19.3. The van der Waals surface area contributed by atoms with Gasteiger partial charge in [-0.15, -0.1) is 0 Å². The van der Waals surface area contributed by atoms with Crippen LogP contribution in [0.5, 0.6) is 0 Å². The van der Waals surface area contributed by atoms with Crippen LogP contribution in [0.15, 0.2) is 18.2 Å². The molecule has 7 nitrogen and oxygen atoms in total. The number of rotatable bonds is 4. The second kappa shape index (κ2) is 7.69. The Hall–Kier alpha value is -2.35. The number of methoxy groups -OCH3 is 1. The summed E-state index contributed by atoms with van der Waals surface area (Å²) in [5.74, 6) is -0.145. The number of likely N-dealkylation sites (tertiary alicyclic amines) is 1. The highest BCUT2D eigenvalue weighted by Gasteiger charge is 2.27. The molecule has 1 atom stereocenters. The van der Waals surface area contributed by atoms with E-state index in [2.05, 4.69) is 10.6 Å². The van der Waals surface area contributed by atoms with E-state index in [1.54, 1.807) is 12.0 Å². The van der Waals surface area contributed by atoms with Gasteiger partial charge in [-0.2, -0.15) is 0 Å². The fourth-order valence-corrected chi connectivity index (χ4v) is 3.25. The van der Waals surface area contributed by atoms with Gasteiger partial charge in [-0.25, -0.2) is 14.0 Å². The van der Waals surface area contributed by atoms with Crippen LogP contribution in [-0.2, 0) is 4.74 Å². The van der Waals surface area contributed by atoms with Crippen molar-refractivity contribution in [2.24, 2.45) is 5.92 Å². The van der Waals surface area contributed by atoms with Gasteiger partial charge in [0.25, 0.3) is 0 Å². The molecular weight excluding hydrogens is 327 g/mol. The van der Waals surface area contributed by atoms with E-state index in [0.717, 1.165) is 12.8 Å². The molecule has 3 rings (SSSR count). The van der Waals surface area contributed by atoms with Gasteiger partial charge in [0.15, 0.2) is 0 Å². The van der Waals surface area contributed by atoms with Crippen molar-refractivity contribution in [2.75, 3.05) is 50.1 Å². The Balaban J connectivity index is 1.68. The van der Waals surface area contributed by atoms with E-state index in [1.807, 2.05) is 0 Å². The summed E-state index contributed by atoms with van der Waals surface area (Å²) in [6.45, 7) is 2.98. The number of benzene rings is 1. The molecule has 0 spiro atoms. The molecule has 136 valence electrons. The molecule has 2 fully saturated rings. The van der Waals surface area contributed by atoms with Crippen LogP contribution in [0.25, 0.3) is 0 Å². The van der Waals surface area contributed by atoms with Crippen molar-refractivity contribution in [3.05, 3.63) is 24.0 Å². The van der Waals surface area contributed by atoms with Gasteiger partial charge in [-0.3, -0.25) is 4.90 Å². The highest BCUT2D eigenvalue weighted by atomic mass is 19.1. The summed E-state index contributed by atoms with van der Waals surface area (Å²) in [5, 5.41) is 5.48. The van der Waals surface area contributed by atoms with Crippen molar-refractivity contribution in [3.63, 3.8) is 0 Å². The smallest absolute Gasteiger partial charge is 0.321 e. The van der Waals surface area contributed by atoms with Crippen molar-refractivity contribution in [2.45, 2.75) is 12.8 Å². The van der Waals surface area contributed by atoms with Crippen LogP contribution in [0.3, 0.4) is 0 Å². The van der Waals surface area contributed by atoms with E-state index in [4.69, 9.17) is 4.74 Å². The molecule has 2 heterocycles. The number of amides is 4. The number of halogens is 1. The van der Waals surface area contributed by atoms with E-state index >= 15 is 0 Å². The van der Waals surface area contributed by atoms with Gasteiger partial charge in [-0.05, 0) is 31.0 Å². The van der Waals surface area contributed by atoms with Crippen molar-refractivity contribution in [1.82, 2.24) is 10.2 Å². The van der Waals surface area contributed by atoms with E-state index < -0.39 is 5.82 Å². The maximum atomic E-state index is 14.1. The molecule has 0 unspecified atom stereocenters. The molecular formula is C17H23FN4O3. The molecule has 0 aromatic heterocycles. The maximum Gasteiger partial charge on any atom is 0.321 e. The molecule has 2 saturated heterocycles. The van der Waals surface area contributed by atoms with Crippen LogP contribution in [0, 0.1) is 11.7 Å². The van der Waals surface area contributed by atoms with Gasteiger partial charge in [0, 0.05) is 44.9 Å². The second-order valence-electron chi connectivity index (χ2n) is 6.39. The first-order valence-corrected chi connectivity index (χ1v) is 8.48.